The molecule has 1 aromatic heterocycles. The van der Waals surface area contributed by atoms with Crippen LogP contribution in [0.1, 0.15) is 41.6 Å². The first-order valence-corrected chi connectivity index (χ1v) is 7.61. The third-order valence-electron chi connectivity index (χ3n) is 4.32. The molecule has 2 saturated carbocycles. The van der Waals surface area contributed by atoms with Crippen LogP contribution < -0.4 is 5.32 Å². The third kappa shape index (κ3) is 3.62. The molecule has 4 heteroatoms. The zero-order valence-corrected chi connectivity index (χ0v) is 12.0. The number of nitrogens with zero attached hydrogens (tertiary/aromatic N) is 1. The van der Waals surface area contributed by atoms with E-state index in [-0.39, 0.29) is 12.5 Å². The summed E-state index contributed by atoms with van der Waals surface area (Å²) in [6.45, 7) is 0.546. The van der Waals surface area contributed by atoms with E-state index in [9.17, 15) is 4.79 Å². The summed E-state index contributed by atoms with van der Waals surface area (Å²) >= 11 is 0. The van der Waals surface area contributed by atoms with Crippen molar-refractivity contribution in [3.05, 3.63) is 29.6 Å². The van der Waals surface area contributed by atoms with Crippen LogP contribution in [0.4, 0.5) is 0 Å². The quantitative estimate of drug-likeness (QED) is 0.807. The number of nitrogens with one attached hydrogen (secondary N) is 1. The van der Waals surface area contributed by atoms with Crippen LogP contribution in [0, 0.1) is 29.6 Å². The molecule has 2 N–H and O–H groups in total. The molecule has 0 aliphatic heterocycles. The summed E-state index contributed by atoms with van der Waals surface area (Å²) in [6, 6.07) is 1.68. The highest BCUT2D eigenvalue weighted by atomic mass is 16.2. The van der Waals surface area contributed by atoms with Crippen LogP contribution in [-0.2, 0) is 0 Å². The summed E-state index contributed by atoms with van der Waals surface area (Å²) in [6.07, 6.45) is 8.44. The van der Waals surface area contributed by atoms with Crippen LogP contribution in [0.2, 0.25) is 0 Å². The Labute approximate surface area is 125 Å². The Bertz CT molecular complexity index is 568. The summed E-state index contributed by atoms with van der Waals surface area (Å²) in [5, 5.41) is 11.8. The van der Waals surface area contributed by atoms with Gasteiger partial charge in [0.2, 0.25) is 0 Å². The van der Waals surface area contributed by atoms with Crippen LogP contribution >= 0.6 is 0 Å². The van der Waals surface area contributed by atoms with Crippen LogP contribution in [0.5, 0.6) is 0 Å². The standard InChI is InChI=1S/C17H20N2O2/c20-9-1-2-14-10-18-8-7-15(14)17(21)19-11-16(12-3-4-12)13-5-6-13/h7-8,10,12-13,16,20H,3-6,9,11H2,(H,19,21). The molecular weight excluding hydrogens is 264 g/mol. The largest absolute Gasteiger partial charge is 0.384 e. The van der Waals surface area contributed by atoms with Gasteiger partial charge in [-0.15, -0.1) is 0 Å². The average Bonchev–Trinajstić information content (AvgIpc) is 3.38. The second kappa shape index (κ2) is 6.28. The molecule has 0 saturated heterocycles. The smallest absolute Gasteiger partial charge is 0.252 e. The summed E-state index contributed by atoms with van der Waals surface area (Å²) < 4.78 is 0. The number of rotatable bonds is 5. The van der Waals surface area contributed by atoms with Gasteiger partial charge in [0.15, 0.2) is 0 Å². The Morgan fingerprint density at radius 1 is 1.38 bits per heavy atom. The summed E-state index contributed by atoms with van der Waals surface area (Å²) in [7, 11) is 0. The van der Waals surface area contributed by atoms with E-state index in [1.54, 1.807) is 18.5 Å². The molecule has 0 spiro atoms. The van der Waals surface area contributed by atoms with Gasteiger partial charge in [0, 0.05) is 18.9 Å². The van der Waals surface area contributed by atoms with Crippen molar-refractivity contribution >= 4 is 5.91 Å². The Balaban J connectivity index is 1.64. The number of hydrogen-bond donors (Lipinski definition) is 2. The number of aromatic nitrogens is 1. The monoisotopic (exact) mass is 284 g/mol. The average molecular weight is 284 g/mol. The van der Waals surface area contributed by atoms with Crippen molar-refractivity contribution in [3.63, 3.8) is 0 Å². The molecule has 1 amide bonds. The fraction of sp³-hybridized carbons (Fsp3) is 0.529. The fourth-order valence-corrected chi connectivity index (χ4v) is 2.90. The molecule has 2 aliphatic rings. The number of aliphatic hydroxyl groups excluding tert-OH is 1. The van der Waals surface area contributed by atoms with Gasteiger partial charge >= 0.3 is 0 Å². The van der Waals surface area contributed by atoms with E-state index in [0.29, 0.717) is 17.0 Å². The van der Waals surface area contributed by atoms with E-state index in [1.807, 2.05) is 0 Å². The van der Waals surface area contributed by atoms with E-state index in [4.69, 9.17) is 5.11 Å². The topological polar surface area (TPSA) is 62.2 Å². The lowest BCUT2D eigenvalue weighted by molar-refractivity contribution is 0.0943. The predicted octanol–water partition coefficient (Wildman–Crippen LogP) is 1.59. The summed E-state index contributed by atoms with van der Waals surface area (Å²) in [5.74, 6) is 7.55. The Morgan fingerprint density at radius 2 is 2.10 bits per heavy atom. The zero-order chi connectivity index (χ0) is 14.7. The third-order valence-corrected chi connectivity index (χ3v) is 4.32. The van der Waals surface area contributed by atoms with Crippen LogP contribution in [0.15, 0.2) is 18.5 Å². The maximum absolute atomic E-state index is 12.3. The van der Waals surface area contributed by atoms with Gasteiger partial charge in [-0.1, -0.05) is 11.8 Å². The van der Waals surface area contributed by atoms with Crippen molar-refractivity contribution in [3.8, 4) is 11.8 Å². The van der Waals surface area contributed by atoms with Gasteiger partial charge < -0.3 is 10.4 Å². The maximum Gasteiger partial charge on any atom is 0.252 e. The van der Waals surface area contributed by atoms with Gasteiger partial charge in [-0.05, 0) is 49.5 Å². The molecule has 2 fully saturated rings. The van der Waals surface area contributed by atoms with Crippen molar-refractivity contribution in [1.29, 1.82) is 0 Å². The van der Waals surface area contributed by atoms with E-state index in [0.717, 1.165) is 18.4 Å². The lowest BCUT2D eigenvalue weighted by Gasteiger charge is -2.16. The van der Waals surface area contributed by atoms with Gasteiger partial charge in [0.25, 0.3) is 5.91 Å². The van der Waals surface area contributed by atoms with Crippen molar-refractivity contribution in [2.24, 2.45) is 17.8 Å². The van der Waals surface area contributed by atoms with Crippen molar-refractivity contribution in [2.75, 3.05) is 13.2 Å². The zero-order valence-electron chi connectivity index (χ0n) is 12.0. The lowest BCUT2D eigenvalue weighted by atomic mass is 9.97. The number of carbonyl (C=O) groups excluding carboxylic acids is 1. The van der Waals surface area contributed by atoms with Crippen LogP contribution in [0.25, 0.3) is 0 Å². The molecular formula is C17H20N2O2. The predicted molar refractivity (Wildman–Crippen MR) is 79.5 cm³/mol. The van der Waals surface area contributed by atoms with Crippen LogP contribution in [0.3, 0.4) is 0 Å². The lowest BCUT2D eigenvalue weighted by Crippen LogP contribution is -2.31. The molecule has 2 aliphatic carbocycles. The van der Waals surface area contributed by atoms with Gasteiger partial charge in [0.1, 0.15) is 6.61 Å². The molecule has 1 aromatic rings. The van der Waals surface area contributed by atoms with E-state index in [2.05, 4.69) is 22.1 Å². The molecule has 4 nitrogen and oxygen atoms in total. The maximum atomic E-state index is 12.3. The number of pyridine rings is 1. The molecule has 0 atom stereocenters. The van der Waals surface area contributed by atoms with E-state index >= 15 is 0 Å². The van der Waals surface area contributed by atoms with Crippen molar-refractivity contribution < 1.29 is 9.90 Å². The second-order valence-corrected chi connectivity index (χ2v) is 5.93. The summed E-state index contributed by atoms with van der Waals surface area (Å²) in [4.78, 5) is 16.3. The summed E-state index contributed by atoms with van der Waals surface area (Å²) in [5.41, 5.74) is 1.11. The molecule has 0 bridgehead atoms. The number of amides is 1. The van der Waals surface area contributed by atoms with Gasteiger partial charge in [0.05, 0.1) is 11.1 Å². The first-order chi connectivity index (χ1) is 10.3. The highest BCUT2D eigenvalue weighted by Crippen LogP contribution is 2.48. The number of aliphatic hydroxyl groups is 1. The minimum absolute atomic E-state index is 0.0917. The van der Waals surface area contributed by atoms with E-state index in [1.165, 1.54) is 25.7 Å². The number of hydrogen-bond acceptors (Lipinski definition) is 3. The molecule has 110 valence electrons. The van der Waals surface area contributed by atoms with Gasteiger partial charge in [-0.3, -0.25) is 9.78 Å². The highest BCUT2D eigenvalue weighted by Gasteiger charge is 2.41. The minimum Gasteiger partial charge on any atom is -0.384 e. The highest BCUT2D eigenvalue weighted by molar-refractivity contribution is 5.96. The molecule has 3 rings (SSSR count). The molecule has 0 radical (unpaired) electrons. The second-order valence-electron chi connectivity index (χ2n) is 5.93. The number of carbonyl (C=O) groups is 1. The SMILES string of the molecule is O=C(NCC(C1CC1)C1CC1)c1ccncc1C#CCO. The van der Waals surface area contributed by atoms with Gasteiger partial charge in [-0.2, -0.15) is 0 Å². The Hall–Kier alpha value is -1.86. The van der Waals surface area contributed by atoms with E-state index < -0.39 is 0 Å². The van der Waals surface area contributed by atoms with Crippen LogP contribution in [-0.4, -0.2) is 29.1 Å². The molecule has 0 unspecified atom stereocenters. The van der Waals surface area contributed by atoms with Crippen molar-refractivity contribution in [1.82, 2.24) is 10.3 Å². The normalized spacial score (nSPS) is 17.2. The molecule has 21 heavy (non-hydrogen) atoms. The molecule has 1 heterocycles. The Kier molecular flexibility index (Phi) is 4.21. The first kappa shape index (κ1) is 14.1. The first-order valence-electron chi connectivity index (χ1n) is 7.61. The Morgan fingerprint density at radius 3 is 2.71 bits per heavy atom. The minimum atomic E-state index is -0.221. The van der Waals surface area contributed by atoms with Gasteiger partial charge in [-0.25, -0.2) is 0 Å². The molecule has 0 aromatic carbocycles. The fourth-order valence-electron chi connectivity index (χ4n) is 2.90. The van der Waals surface area contributed by atoms with Crippen molar-refractivity contribution in [2.45, 2.75) is 25.7 Å².